The predicted octanol–water partition coefficient (Wildman–Crippen LogP) is 1.68. The first-order valence-electron chi connectivity index (χ1n) is 7.06. The molecule has 2 aromatic carbocycles. The average Bonchev–Trinajstić information content (AvgIpc) is 3.07. The molecule has 0 bridgehead atoms. The van der Waals surface area contributed by atoms with Crippen molar-refractivity contribution < 1.29 is 14.3 Å². The van der Waals surface area contributed by atoms with Crippen LogP contribution in [0, 0.1) is 0 Å². The Hall–Kier alpha value is -3.22. The third-order valence-corrected chi connectivity index (χ3v) is 3.45. The summed E-state index contributed by atoms with van der Waals surface area (Å²) >= 11 is 0. The van der Waals surface area contributed by atoms with E-state index in [2.05, 4.69) is 20.5 Å². The Morgan fingerprint density at radius 1 is 1.04 bits per heavy atom. The van der Waals surface area contributed by atoms with Gasteiger partial charge in [0.2, 0.25) is 12.6 Å². The maximum atomic E-state index is 12.2. The second kappa shape index (κ2) is 5.53. The van der Waals surface area contributed by atoms with Gasteiger partial charge in [0.15, 0.2) is 11.5 Å². The number of amides is 1. The molecule has 1 aliphatic rings. The molecule has 2 heterocycles. The van der Waals surface area contributed by atoms with Crippen molar-refractivity contribution in [2.75, 3.05) is 6.79 Å². The fourth-order valence-corrected chi connectivity index (χ4v) is 2.29. The molecule has 0 aliphatic carbocycles. The number of ether oxygens (including phenoxy) is 2. The van der Waals surface area contributed by atoms with Crippen LogP contribution in [0.1, 0.15) is 16.2 Å². The molecule has 0 spiro atoms. The van der Waals surface area contributed by atoms with E-state index in [4.69, 9.17) is 9.47 Å². The Morgan fingerprint density at radius 3 is 2.78 bits per heavy atom. The van der Waals surface area contributed by atoms with Gasteiger partial charge in [-0.15, -0.1) is 10.2 Å². The van der Waals surface area contributed by atoms with Gasteiger partial charge in [0, 0.05) is 6.54 Å². The second-order valence-electron chi connectivity index (χ2n) is 4.99. The lowest BCUT2D eigenvalue weighted by Gasteiger charge is -2.05. The van der Waals surface area contributed by atoms with Crippen LogP contribution in [0.5, 0.6) is 11.5 Å². The fourth-order valence-electron chi connectivity index (χ4n) is 2.29. The minimum Gasteiger partial charge on any atom is -0.454 e. The highest BCUT2D eigenvalue weighted by Gasteiger charge is 2.14. The summed E-state index contributed by atoms with van der Waals surface area (Å²) in [6.07, 6.45) is 0. The van der Waals surface area contributed by atoms with Crippen LogP contribution in [0.3, 0.4) is 0 Å². The fraction of sp³-hybridized carbons (Fsp3) is 0.125. The van der Waals surface area contributed by atoms with E-state index in [1.54, 1.807) is 12.1 Å². The molecule has 1 amide bonds. The zero-order valence-corrected chi connectivity index (χ0v) is 12.0. The first-order valence-corrected chi connectivity index (χ1v) is 7.06. The van der Waals surface area contributed by atoms with Crippen LogP contribution >= 0.6 is 0 Å². The van der Waals surface area contributed by atoms with Crippen molar-refractivity contribution in [3.05, 3.63) is 53.9 Å². The maximum absolute atomic E-state index is 12.2. The molecule has 0 saturated heterocycles. The number of benzene rings is 2. The van der Waals surface area contributed by atoms with Crippen molar-refractivity contribution in [3.63, 3.8) is 0 Å². The molecule has 4 rings (SSSR count). The Kier molecular flexibility index (Phi) is 3.23. The summed E-state index contributed by atoms with van der Waals surface area (Å²) in [6.45, 7) is 0.563. The van der Waals surface area contributed by atoms with Crippen molar-refractivity contribution in [2.45, 2.75) is 6.54 Å². The second-order valence-corrected chi connectivity index (χ2v) is 4.99. The van der Waals surface area contributed by atoms with Gasteiger partial charge in [-0.05, 0) is 29.8 Å². The minimum absolute atomic E-state index is 0.0458. The van der Waals surface area contributed by atoms with E-state index >= 15 is 0 Å². The monoisotopic (exact) mass is 308 g/mol. The topological polar surface area (TPSA) is 86.2 Å². The smallest absolute Gasteiger partial charge is 0.291 e. The van der Waals surface area contributed by atoms with Gasteiger partial charge in [-0.2, -0.15) is 0 Å². The average molecular weight is 308 g/mol. The summed E-state index contributed by atoms with van der Waals surface area (Å²) in [5.74, 6) is 1.06. The number of carbonyl (C=O) groups excluding carboxylic acids is 1. The molecule has 0 unspecified atom stereocenters. The number of aromatic nitrogens is 3. The van der Waals surface area contributed by atoms with E-state index in [1.807, 2.05) is 30.3 Å². The van der Waals surface area contributed by atoms with Crippen LogP contribution in [0.4, 0.5) is 0 Å². The molecule has 0 atom stereocenters. The van der Waals surface area contributed by atoms with Crippen molar-refractivity contribution in [3.8, 4) is 11.5 Å². The Morgan fingerprint density at radius 2 is 1.87 bits per heavy atom. The molecule has 0 radical (unpaired) electrons. The molecule has 1 N–H and O–H groups in total. The maximum Gasteiger partial charge on any atom is 0.291 e. The Labute approximate surface area is 131 Å². The van der Waals surface area contributed by atoms with Crippen molar-refractivity contribution in [1.82, 2.24) is 20.5 Å². The summed E-state index contributed by atoms with van der Waals surface area (Å²) in [5, 5.41) is 10.6. The number of nitrogens with zero attached hydrogens (tertiary/aromatic N) is 3. The van der Waals surface area contributed by atoms with Crippen LogP contribution in [-0.2, 0) is 6.54 Å². The van der Waals surface area contributed by atoms with Gasteiger partial charge >= 0.3 is 0 Å². The summed E-state index contributed by atoms with van der Waals surface area (Å²) in [6, 6.07) is 12.8. The molecule has 0 fully saturated rings. The zero-order valence-electron chi connectivity index (χ0n) is 12.0. The summed E-state index contributed by atoms with van der Waals surface area (Å²) in [5.41, 5.74) is 2.19. The van der Waals surface area contributed by atoms with Crippen molar-refractivity contribution in [2.24, 2.45) is 0 Å². The molecular weight excluding hydrogens is 296 g/mol. The van der Waals surface area contributed by atoms with Gasteiger partial charge in [-0.25, -0.2) is 4.98 Å². The van der Waals surface area contributed by atoms with Gasteiger partial charge in [-0.1, -0.05) is 18.2 Å². The molecule has 0 saturated carbocycles. The lowest BCUT2D eigenvalue weighted by Crippen LogP contribution is -2.25. The van der Waals surface area contributed by atoms with Gasteiger partial charge in [0.05, 0.1) is 5.52 Å². The summed E-state index contributed by atoms with van der Waals surface area (Å²) in [7, 11) is 0. The van der Waals surface area contributed by atoms with Gasteiger partial charge in [0.25, 0.3) is 5.91 Å². The van der Waals surface area contributed by atoms with E-state index in [0.717, 1.165) is 5.56 Å². The highest BCUT2D eigenvalue weighted by molar-refractivity contribution is 5.91. The third-order valence-electron chi connectivity index (χ3n) is 3.45. The van der Waals surface area contributed by atoms with Crippen molar-refractivity contribution in [1.29, 1.82) is 0 Å². The van der Waals surface area contributed by atoms with Crippen LogP contribution < -0.4 is 14.8 Å². The first kappa shape index (κ1) is 13.4. The van der Waals surface area contributed by atoms with E-state index in [1.165, 1.54) is 0 Å². The lowest BCUT2D eigenvalue weighted by atomic mass is 10.2. The quantitative estimate of drug-likeness (QED) is 0.792. The SMILES string of the molecule is O=C(NCc1ccc2c(c1)OCO2)c1nnc2ccccc2n1. The van der Waals surface area contributed by atoms with Crippen LogP contribution in [-0.4, -0.2) is 27.9 Å². The number of hydrogen-bond acceptors (Lipinski definition) is 6. The molecule has 7 nitrogen and oxygen atoms in total. The summed E-state index contributed by atoms with van der Waals surface area (Å²) in [4.78, 5) is 16.4. The first-order chi connectivity index (χ1) is 11.3. The number of rotatable bonds is 3. The predicted molar refractivity (Wildman–Crippen MR) is 81.1 cm³/mol. The van der Waals surface area contributed by atoms with E-state index in [9.17, 15) is 4.79 Å². The van der Waals surface area contributed by atoms with Crippen LogP contribution in [0.15, 0.2) is 42.5 Å². The Bertz CT molecular complexity index is 897. The molecule has 7 heteroatoms. The molecule has 1 aromatic heterocycles. The van der Waals surface area contributed by atoms with E-state index < -0.39 is 0 Å². The highest BCUT2D eigenvalue weighted by atomic mass is 16.7. The standard InChI is InChI=1S/C16H12N4O3/c21-16(15-18-11-3-1-2-4-12(11)19-20-15)17-8-10-5-6-13-14(7-10)23-9-22-13/h1-7H,8-9H2,(H,17,21). The van der Waals surface area contributed by atoms with Crippen LogP contribution in [0.2, 0.25) is 0 Å². The normalized spacial score (nSPS) is 12.3. The zero-order chi connectivity index (χ0) is 15.6. The number of carbonyl (C=O) groups is 1. The minimum atomic E-state index is -0.374. The molecule has 1 aliphatic heterocycles. The van der Waals surface area contributed by atoms with E-state index in [-0.39, 0.29) is 18.5 Å². The van der Waals surface area contributed by atoms with E-state index in [0.29, 0.717) is 29.1 Å². The molecular formula is C16H12N4O3. The largest absolute Gasteiger partial charge is 0.454 e. The number of nitrogens with one attached hydrogen (secondary N) is 1. The third kappa shape index (κ3) is 2.64. The highest BCUT2D eigenvalue weighted by Crippen LogP contribution is 2.32. The van der Waals surface area contributed by atoms with Crippen molar-refractivity contribution >= 4 is 16.9 Å². The molecule has 114 valence electrons. The number of hydrogen-bond donors (Lipinski definition) is 1. The summed E-state index contributed by atoms with van der Waals surface area (Å²) < 4.78 is 10.6. The van der Waals surface area contributed by atoms with Crippen LogP contribution in [0.25, 0.3) is 11.0 Å². The lowest BCUT2D eigenvalue weighted by molar-refractivity contribution is 0.0939. The van der Waals surface area contributed by atoms with Gasteiger partial charge < -0.3 is 14.8 Å². The van der Waals surface area contributed by atoms with Gasteiger partial charge in [0.1, 0.15) is 5.52 Å². The molecule has 23 heavy (non-hydrogen) atoms. The molecule has 3 aromatic rings. The van der Waals surface area contributed by atoms with Gasteiger partial charge in [-0.3, -0.25) is 4.79 Å². The Balaban J connectivity index is 1.48. The number of fused-ring (bicyclic) bond motifs is 2. The number of para-hydroxylation sites is 1.